The van der Waals surface area contributed by atoms with E-state index in [1.54, 1.807) is 11.1 Å². The molecule has 2 amide bonds. The lowest BCUT2D eigenvalue weighted by atomic mass is 10.2. The van der Waals surface area contributed by atoms with Gasteiger partial charge in [0.1, 0.15) is 0 Å². The van der Waals surface area contributed by atoms with Gasteiger partial charge in [0.25, 0.3) is 5.91 Å². The number of hydrogen-bond acceptors (Lipinski definition) is 3. The fourth-order valence-electron chi connectivity index (χ4n) is 4.09. The largest absolute Gasteiger partial charge is 0.336 e. The zero-order valence-electron chi connectivity index (χ0n) is 15.0. The van der Waals surface area contributed by atoms with Gasteiger partial charge in [0.15, 0.2) is 0 Å². The van der Waals surface area contributed by atoms with Gasteiger partial charge in [0.05, 0.1) is 23.5 Å². The molecule has 1 atom stereocenters. The van der Waals surface area contributed by atoms with Gasteiger partial charge >= 0.3 is 0 Å². The van der Waals surface area contributed by atoms with Crippen LogP contribution in [-0.4, -0.2) is 50.5 Å². The summed E-state index contributed by atoms with van der Waals surface area (Å²) in [7, 11) is 0. The molecule has 3 aromatic rings. The highest BCUT2D eigenvalue weighted by Gasteiger charge is 2.30. The highest BCUT2D eigenvalue weighted by molar-refractivity contribution is 5.96. The first-order valence-electron chi connectivity index (χ1n) is 9.39. The van der Waals surface area contributed by atoms with E-state index in [0.717, 1.165) is 30.6 Å². The van der Waals surface area contributed by atoms with E-state index >= 15 is 0 Å². The van der Waals surface area contributed by atoms with Crippen LogP contribution in [0.3, 0.4) is 0 Å². The van der Waals surface area contributed by atoms with Gasteiger partial charge < -0.3 is 14.2 Å². The molecule has 0 N–H and O–H groups in total. The van der Waals surface area contributed by atoms with E-state index in [1.165, 1.54) is 0 Å². The molecular formula is C20H21N5O2. The molecular weight excluding hydrogens is 342 g/mol. The lowest BCUT2D eigenvalue weighted by Crippen LogP contribution is -2.29. The molecule has 2 aliphatic rings. The Hall–Kier alpha value is -3.09. The molecule has 27 heavy (non-hydrogen) atoms. The number of aromatic nitrogens is 3. The van der Waals surface area contributed by atoms with E-state index in [0.29, 0.717) is 25.1 Å². The van der Waals surface area contributed by atoms with Gasteiger partial charge in [0.2, 0.25) is 5.91 Å². The average Bonchev–Trinajstić information content (AvgIpc) is 3.44. The van der Waals surface area contributed by atoms with Crippen LogP contribution in [0.15, 0.2) is 49.1 Å². The molecule has 1 unspecified atom stereocenters. The molecule has 0 radical (unpaired) electrons. The monoisotopic (exact) mass is 363 g/mol. The van der Waals surface area contributed by atoms with E-state index in [-0.39, 0.29) is 17.9 Å². The summed E-state index contributed by atoms with van der Waals surface area (Å²) in [4.78, 5) is 28.5. The van der Waals surface area contributed by atoms with Crippen molar-refractivity contribution in [2.45, 2.75) is 25.3 Å². The van der Waals surface area contributed by atoms with Crippen LogP contribution in [0.5, 0.6) is 0 Å². The predicted molar refractivity (Wildman–Crippen MR) is 101 cm³/mol. The van der Waals surface area contributed by atoms with Crippen molar-refractivity contribution in [3.63, 3.8) is 0 Å². The summed E-state index contributed by atoms with van der Waals surface area (Å²) >= 11 is 0. The van der Waals surface area contributed by atoms with Gasteiger partial charge in [-0.15, -0.1) is 0 Å². The summed E-state index contributed by atoms with van der Waals surface area (Å²) in [5.41, 5.74) is 2.59. The Morgan fingerprint density at radius 1 is 1.19 bits per heavy atom. The minimum absolute atomic E-state index is 0.0586. The molecule has 3 aromatic heterocycles. The molecule has 0 aliphatic carbocycles. The number of likely N-dealkylation sites (tertiary alicyclic amines) is 1. The van der Waals surface area contributed by atoms with Crippen LogP contribution in [0.25, 0.3) is 5.52 Å². The van der Waals surface area contributed by atoms with Crippen LogP contribution in [0.1, 0.15) is 35.7 Å². The number of carbonyl (C=O) groups is 2. The third kappa shape index (κ3) is 2.79. The van der Waals surface area contributed by atoms with Crippen molar-refractivity contribution in [3.8, 4) is 0 Å². The van der Waals surface area contributed by atoms with Crippen molar-refractivity contribution < 1.29 is 9.59 Å². The standard InChI is InChI=1S/C20H21N5O2/c26-19-5-3-8-24(19)18-11-21-25(14-18)17-6-9-23(13-17)20(27)15-10-16-4-1-2-7-22(16)12-15/h1-2,4,7,10-12,14,17H,3,5-6,8-9,13H2. The Morgan fingerprint density at radius 2 is 2.11 bits per heavy atom. The maximum Gasteiger partial charge on any atom is 0.255 e. The molecule has 7 nitrogen and oxygen atoms in total. The Labute approximate surface area is 156 Å². The molecule has 7 heteroatoms. The molecule has 138 valence electrons. The molecule has 2 saturated heterocycles. The first-order valence-corrected chi connectivity index (χ1v) is 9.39. The molecule has 5 heterocycles. The van der Waals surface area contributed by atoms with Crippen molar-refractivity contribution in [2.24, 2.45) is 0 Å². The van der Waals surface area contributed by atoms with Gasteiger partial charge in [-0.25, -0.2) is 0 Å². The second-order valence-corrected chi connectivity index (χ2v) is 7.28. The number of amides is 2. The van der Waals surface area contributed by atoms with Crippen LogP contribution in [0.2, 0.25) is 0 Å². The molecule has 2 fully saturated rings. The summed E-state index contributed by atoms with van der Waals surface area (Å²) in [5, 5.41) is 4.46. The first kappa shape index (κ1) is 16.1. The average molecular weight is 363 g/mol. The molecule has 0 spiro atoms. The van der Waals surface area contributed by atoms with E-state index < -0.39 is 0 Å². The van der Waals surface area contributed by atoms with Crippen molar-refractivity contribution in [3.05, 3.63) is 54.6 Å². The van der Waals surface area contributed by atoms with Crippen molar-refractivity contribution in [2.75, 3.05) is 24.5 Å². The number of carbonyl (C=O) groups excluding carboxylic acids is 2. The Bertz CT molecular complexity index is 987. The smallest absolute Gasteiger partial charge is 0.255 e. The molecule has 0 aromatic carbocycles. The first-order chi connectivity index (χ1) is 13.2. The maximum atomic E-state index is 12.9. The Balaban J connectivity index is 1.30. The van der Waals surface area contributed by atoms with Crippen LogP contribution < -0.4 is 4.90 Å². The van der Waals surface area contributed by atoms with Gasteiger partial charge in [-0.3, -0.25) is 14.3 Å². The van der Waals surface area contributed by atoms with Gasteiger partial charge in [-0.2, -0.15) is 5.10 Å². The SMILES string of the molecule is O=C(c1cc2ccccn2c1)N1CCC(n2cc(N3CCCC3=O)cn2)C1. The minimum atomic E-state index is 0.0586. The van der Waals surface area contributed by atoms with E-state index in [9.17, 15) is 9.59 Å². The minimum Gasteiger partial charge on any atom is -0.336 e. The Kier molecular flexibility index (Phi) is 3.74. The topological polar surface area (TPSA) is 62.9 Å². The Morgan fingerprint density at radius 3 is 2.93 bits per heavy atom. The van der Waals surface area contributed by atoms with Crippen LogP contribution in [-0.2, 0) is 4.79 Å². The van der Waals surface area contributed by atoms with Crippen LogP contribution in [0.4, 0.5) is 5.69 Å². The van der Waals surface area contributed by atoms with Gasteiger partial charge in [0, 0.05) is 50.2 Å². The summed E-state index contributed by atoms with van der Waals surface area (Å²) in [5.74, 6) is 0.224. The predicted octanol–water partition coefficient (Wildman–Crippen LogP) is 2.35. The second-order valence-electron chi connectivity index (χ2n) is 7.28. The van der Waals surface area contributed by atoms with E-state index in [1.807, 2.05) is 56.8 Å². The third-order valence-corrected chi connectivity index (χ3v) is 5.55. The van der Waals surface area contributed by atoms with E-state index in [2.05, 4.69) is 5.10 Å². The summed E-state index contributed by atoms with van der Waals surface area (Å²) in [6.45, 7) is 2.12. The van der Waals surface area contributed by atoms with Crippen LogP contribution >= 0.6 is 0 Å². The number of nitrogens with zero attached hydrogens (tertiary/aromatic N) is 5. The summed E-state index contributed by atoms with van der Waals surface area (Å²) in [6.07, 6.45) is 9.92. The van der Waals surface area contributed by atoms with Crippen molar-refractivity contribution >= 4 is 23.0 Å². The lowest BCUT2D eigenvalue weighted by molar-refractivity contribution is -0.117. The quantitative estimate of drug-likeness (QED) is 0.718. The zero-order valence-corrected chi connectivity index (χ0v) is 15.0. The number of anilines is 1. The highest BCUT2D eigenvalue weighted by atomic mass is 16.2. The second kappa shape index (κ2) is 6.26. The molecule has 5 rings (SSSR count). The number of rotatable bonds is 3. The van der Waals surface area contributed by atoms with E-state index in [4.69, 9.17) is 0 Å². The highest BCUT2D eigenvalue weighted by Crippen LogP contribution is 2.27. The zero-order chi connectivity index (χ0) is 18.4. The number of pyridine rings is 1. The number of hydrogen-bond donors (Lipinski definition) is 0. The van der Waals surface area contributed by atoms with Crippen LogP contribution in [0, 0.1) is 0 Å². The van der Waals surface area contributed by atoms with Gasteiger partial charge in [-0.05, 0) is 31.0 Å². The fourth-order valence-corrected chi connectivity index (χ4v) is 4.09. The van der Waals surface area contributed by atoms with Gasteiger partial charge in [-0.1, -0.05) is 6.07 Å². The van der Waals surface area contributed by atoms with Crippen molar-refractivity contribution in [1.29, 1.82) is 0 Å². The molecule has 0 saturated carbocycles. The molecule has 2 aliphatic heterocycles. The summed E-state index contributed by atoms with van der Waals surface area (Å²) < 4.78 is 3.87. The maximum absolute atomic E-state index is 12.9. The lowest BCUT2D eigenvalue weighted by Gasteiger charge is -2.16. The summed E-state index contributed by atoms with van der Waals surface area (Å²) in [6, 6.07) is 8.00. The normalized spacial score (nSPS) is 20.1. The fraction of sp³-hybridized carbons (Fsp3) is 0.350. The number of fused-ring (bicyclic) bond motifs is 1. The third-order valence-electron chi connectivity index (χ3n) is 5.55. The molecule has 0 bridgehead atoms. The van der Waals surface area contributed by atoms with Crippen molar-refractivity contribution in [1.82, 2.24) is 19.1 Å².